The Hall–Kier alpha value is -3.50. The molecule has 0 radical (unpaired) electrons. The van der Waals surface area contributed by atoms with E-state index in [9.17, 15) is 14.4 Å². The van der Waals surface area contributed by atoms with Crippen LogP contribution in [0, 0.1) is 0 Å². The average Bonchev–Trinajstić information content (AvgIpc) is 3.15. The summed E-state index contributed by atoms with van der Waals surface area (Å²) in [7, 11) is 0. The third-order valence-electron chi connectivity index (χ3n) is 5.69. The first-order chi connectivity index (χ1) is 16.0. The van der Waals surface area contributed by atoms with Gasteiger partial charge < -0.3 is 29.7 Å². The number of rotatable bonds is 4. The van der Waals surface area contributed by atoms with Gasteiger partial charge in [-0.15, -0.1) is 0 Å². The second-order valence-electron chi connectivity index (χ2n) is 7.76. The van der Waals surface area contributed by atoms with E-state index in [0.717, 1.165) is 0 Å². The highest BCUT2D eigenvalue weighted by molar-refractivity contribution is 6.30. The van der Waals surface area contributed by atoms with E-state index >= 15 is 0 Å². The fourth-order valence-electron chi connectivity index (χ4n) is 4.06. The minimum absolute atomic E-state index is 0.0404. The van der Waals surface area contributed by atoms with Crippen LogP contribution in [0.4, 0.5) is 26.7 Å². The third kappa shape index (κ3) is 4.27. The number of hydrogen-bond acceptors (Lipinski definition) is 6. The van der Waals surface area contributed by atoms with Crippen LogP contribution in [0.2, 0.25) is 5.02 Å². The zero-order valence-corrected chi connectivity index (χ0v) is 18.2. The Bertz CT molecular complexity index is 1090. The fourth-order valence-corrected chi connectivity index (χ4v) is 4.18. The predicted octanol–water partition coefficient (Wildman–Crippen LogP) is 2.61. The van der Waals surface area contributed by atoms with Gasteiger partial charge in [0.05, 0.1) is 18.8 Å². The SMILES string of the molecule is O=C(NCC1OC(=O)N2c3ccc(N4CCOCC4=O)cc3OCC12)Nc1ccc(Cl)cc1. The van der Waals surface area contributed by atoms with Crippen LogP contribution in [0.5, 0.6) is 5.75 Å². The molecule has 3 aliphatic heterocycles. The average molecular weight is 473 g/mol. The maximum atomic E-state index is 12.6. The van der Waals surface area contributed by atoms with Crippen molar-refractivity contribution in [3.63, 3.8) is 0 Å². The van der Waals surface area contributed by atoms with Crippen LogP contribution in [-0.4, -0.2) is 63.1 Å². The number of hydrogen-bond donors (Lipinski definition) is 2. The van der Waals surface area contributed by atoms with Crippen LogP contribution < -0.4 is 25.2 Å². The second kappa shape index (κ2) is 8.80. The number of anilines is 3. The first-order valence-corrected chi connectivity index (χ1v) is 10.8. The van der Waals surface area contributed by atoms with Gasteiger partial charge in [-0.1, -0.05) is 11.6 Å². The van der Waals surface area contributed by atoms with Crippen LogP contribution in [0.3, 0.4) is 0 Å². The summed E-state index contributed by atoms with van der Waals surface area (Å²) >= 11 is 5.85. The molecule has 2 fully saturated rings. The number of carbonyl (C=O) groups is 3. The van der Waals surface area contributed by atoms with Crippen molar-refractivity contribution in [2.45, 2.75) is 12.1 Å². The van der Waals surface area contributed by atoms with E-state index in [0.29, 0.717) is 41.0 Å². The molecule has 2 N–H and O–H groups in total. The number of nitrogens with zero attached hydrogens (tertiary/aromatic N) is 2. The number of urea groups is 1. The number of amides is 4. The van der Waals surface area contributed by atoms with Crippen LogP contribution in [0.1, 0.15) is 0 Å². The number of cyclic esters (lactones) is 1. The molecule has 10 nitrogen and oxygen atoms in total. The highest BCUT2D eigenvalue weighted by atomic mass is 35.5. The van der Waals surface area contributed by atoms with Crippen molar-refractivity contribution in [1.82, 2.24) is 5.32 Å². The van der Waals surface area contributed by atoms with E-state index in [2.05, 4.69) is 10.6 Å². The molecule has 3 aliphatic rings. The molecule has 4 amide bonds. The van der Waals surface area contributed by atoms with Gasteiger partial charge in [0, 0.05) is 29.0 Å². The number of fused-ring (bicyclic) bond motifs is 3. The highest BCUT2D eigenvalue weighted by Crippen LogP contribution is 2.41. The molecular weight excluding hydrogens is 452 g/mol. The van der Waals surface area contributed by atoms with E-state index in [-0.39, 0.29) is 25.7 Å². The van der Waals surface area contributed by atoms with E-state index in [1.807, 2.05) is 0 Å². The number of carbonyl (C=O) groups excluding carboxylic acids is 3. The maximum Gasteiger partial charge on any atom is 0.415 e. The minimum Gasteiger partial charge on any atom is -0.489 e. The molecule has 0 aliphatic carbocycles. The summed E-state index contributed by atoms with van der Waals surface area (Å²) < 4.78 is 16.6. The lowest BCUT2D eigenvalue weighted by atomic mass is 10.1. The van der Waals surface area contributed by atoms with E-state index in [4.69, 9.17) is 25.8 Å². The van der Waals surface area contributed by atoms with Gasteiger partial charge in [0.1, 0.15) is 31.1 Å². The molecule has 2 unspecified atom stereocenters. The summed E-state index contributed by atoms with van der Waals surface area (Å²) in [5.74, 6) is 0.368. The molecule has 0 bridgehead atoms. The number of ether oxygens (including phenoxy) is 3. The largest absolute Gasteiger partial charge is 0.489 e. The Labute approximate surface area is 194 Å². The Balaban J connectivity index is 1.24. The summed E-state index contributed by atoms with van der Waals surface area (Å²) in [5.41, 5.74) is 1.84. The molecule has 2 aromatic rings. The Morgan fingerprint density at radius 3 is 2.76 bits per heavy atom. The molecule has 0 aromatic heterocycles. The van der Waals surface area contributed by atoms with Crippen molar-refractivity contribution in [2.75, 3.05) is 48.0 Å². The lowest BCUT2D eigenvalue weighted by molar-refractivity contribution is -0.125. The summed E-state index contributed by atoms with van der Waals surface area (Å²) in [6, 6.07) is 11.1. The topological polar surface area (TPSA) is 109 Å². The molecule has 2 saturated heterocycles. The number of nitrogens with one attached hydrogen (secondary N) is 2. The van der Waals surface area contributed by atoms with Gasteiger partial charge >= 0.3 is 12.1 Å². The molecule has 3 heterocycles. The molecule has 2 aromatic carbocycles. The zero-order chi connectivity index (χ0) is 22.9. The van der Waals surface area contributed by atoms with Crippen molar-refractivity contribution >= 4 is 46.7 Å². The van der Waals surface area contributed by atoms with Crippen LogP contribution >= 0.6 is 11.6 Å². The van der Waals surface area contributed by atoms with Crippen LogP contribution in [0.15, 0.2) is 42.5 Å². The normalized spacial score (nSPS) is 21.6. The number of benzene rings is 2. The number of halogens is 1. The lowest BCUT2D eigenvalue weighted by Crippen LogP contribution is -2.48. The van der Waals surface area contributed by atoms with Gasteiger partial charge in [-0.25, -0.2) is 9.59 Å². The first-order valence-electron chi connectivity index (χ1n) is 10.4. The summed E-state index contributed by atoms with van der Waals surface area (Å²) in [6.45, 7) is 1.27. The zero-order valence-electron chi connectivity index (χ0n) is 17.5. The van der Waals surface area contributed by atoms with Gasteiger partial charge in [0.15, 0.2) is 0 Å². The Morgan fingerprint density at radius 2 is 1.97 bits per heavy atom. The quantitative estimate of drug-likeness (QED) is 0.708. The minimum atomic E-state index is -0.581. The molecule has 33 heavy (non-hydrogen) atoms. The van der Waals surface area contributed by atoms with Crippen molar-refractivity contribution in [2.24, 2.45) is 0 Å². The van der Waals surface area contributed by atoms with Crippen LogP contribution in [-0.2, 0) is 14.3 Å². The summed E-state index contributed by atoms with van der Waals surface area (Å²) in [4.78, 5) is 40.1. The van der Waals surface area contributed by atoms with E-state index < -0.39 is 24.3 Å². The summed E-state index contributed by atoms with van der Waals surface area (Å²) in [5, 5.41) is 5.99. The second-order valence-corrected chi connectivity index (χ2v) is 8.20. The Morgan fingerprint density at radius 1 is 1.15 bits per heavy atom. The number of morpholine rings is 1. The smallest absolute Gasteiger partial charge is 0.415 e. The molecule has 0 spiro atoms. The third-order valence-corrected chi connectivity index (χ3v) is 5.94. The standard InChI is InChI=1S/C22H21ClN4O6/c23-13-1-3-14(4-2-13)25-21(29)24-10-19-17-11-32-18-9-15(26-7-8-31-12-20(26)28)5-6-16(18)27(17)22(30)33-19/h1-6,9,17,19H,7-8,10-12H2,(H2,24,25,29). The van der Waals surface area contributed by atoms with Crippen LogP contribution in [0.25, 0.3) is 0 Å². The van der Waals surface area contributed by atoms with Crippen molar-refractivity contribution in [3.8, 4) is 5.75 Å². The molecule has 11 heteroatoms. The van der Waals surface area contributed by atoms with Gasteiger partial charge in [-0.05, 0) is 36.4 Å². The molecular formula is C22H21ClN4O6. The lowest BCUT2D eigenvalue weighted by Gasteiger charge is -2.33. The molecule has 5 rings (SSSR count). The fraction of sp³-hybridized carbons (Fsp3) is 0.318. The predicted molar refractivity (Wildman–Crippen MR) is 120 cm³/mol. The molecule has 0 saturated carbocycles. The van der Waals surface area contributed by atoms with Gasteiger partial charge in [0.25, 0.3) is 5.91 Å². The summed E-state index contributed by atoms with van der Waals surface area (Å²) in [6.07, 6.45) is -1.09. The van der Waals surface area contributed by atoms with Gasteiger partial charge in [-0.3, -0.25) is 9.69 Å². The van der Waals surface area contributed by atoms with Gasteiger partial charge in [0.2, 0.25) is 0 Å². The van der Waals surface area contributed by atoms with E-state index in [1.54, 1.807) is 47.4 Å². The van der Waals surface area contributed by atoms with Gasteiger partial charge in [-0.2, -0.15) is 0 Å². The monoisotopic (exact) mass is 472 g/mol. The maximum absolute atomic E-state index is 12.6. The van der Waals surface area contributed by atoms with Crippen molar-refractivity contribution < 1.29 is 28.6 Å². The van der Waals surface area contributed by atoms with Crippen molar-refractivity contribution in [3.05, 3.63) is 47.5 Å². The first kappa shape index (κ1) is 21.4. The highest BCUT2D eigenvalue weighted by Gasteiger charge is 2.46. The Kier molecular flexibility index (Phi) is 5.69. The molecule has 172 valence electrons. The van der Waals surface area contributed by atoms with E-state index in [1.165, 1.54) is 4.90 Å². The molecule has 2 atom stereocenters. The van der Waals surface area contributed by atoms with Crippen molar-refractivity contribution in [1.29, 1.82) is 0 Å².